The minimum atomic E-state index is -0.295. The van der Waals surface area contributed by atoms with Crippen LogP contribution in [0.25, 0.3) is 0 Å². The van der Waals surface area contributed by atoms with Crippen LogP contribution in [0, 0.1) is 0 Å². The van der Waals surface area contributed by atoms with Gasteiger partial charge in [-0.15, -0.1) is 0 Å². The van der Waals surface area contributed by atoms with Crippen molar-refractivity contribution >= 4 is 39.0 Å². The summed E-state index contributed by atoms with van der Waals surface area (Å²) in [4.78, 5) is 24.7. The van der Waals surface area contributed by atoms with E-state index in [4.69, 9.17) is 10.6 Å². The number of ether oxygens (including phenoxy) is 1. The van der Waals surface area contributed by atoms with Gasteiger partial charge in [0.1, 0.15) is 11.5 Å². The summed E-state index contributed by atoms with van der Waals surface area (Å²) in [7, 11) is 0. The average molecular weight is 452 g/mol. The maximum Gasteiger partial charge on any atom is 0.262 e. The van der Waals surface area contributed by atoms with Crippen LogP contribution in [0.5, 0.6) is 5.75 Å². The first-order chi connectivity index (χ1) is 14.1. The molecule has 6 nitrogen and oxygen atoms in total. The highest BCUT2D eigenvalue weighted by Gasteiger charge is 2.18. The lowest BCUT2D eigenvalue weighted by Gasteiger charge is -2.09. The molecule has 0 fully saturated rings. The van der Waals surface area contributed by atoms with E-state index in [0.29, 0.717) is 27.0 Å². The normalized spacial score (nSPS) is 11.0. The molecule has 0 unspecified atom stereocenters. The number of hydrogen-bond acceptors (Lipinski definition) is 5. The summed E-state index contributed by atoms with van der Waals surface area (Å²) in [5.74, 6) is 5.39. The van der Waals surface area contributed by atoms with Gasteiger partial charge in [0, 0.05) is 21.3 Å². The Balaban J connectivity index is 1.64. The van der Waals surface area contributed by atoms with Crippen LogP contribution in [0.1, 0.15) is 15.9 Å². The number of amides is 1. The van der Waals surface area contributed by atoms with Gasteiger partial charge in [0.25, 0.3) is 5.91 Å². The van der Waals surface area contributed by atoms with Crippen molar-refractivity contribution in [2.45, 2.75) is 0 Å². The van der Waals surface area contributed by atoms with E-state index in [1.165, 1.54) is 0 Å². The first kappa shape index (κ1) is 20.3. The number of nitrogens with two attached hydrogens (primary N) is 1. The van der Waals surface area contributed by atoms with Gasteiger partial charge >= 0.3 is 0 Å². The fourth-order valence-electron chi connectivity index (χ4n) is 2.61. The summed E-state index contributed by atoms with van der Waals surface area (Å²) >= 11 is 3.36. The van der Waals surface area contributed by atoms with Crippen LogP contribution in [-0.4, -0.2) is 24.0 Å². The van der Waals surface area contributed by atoms with E-state index in [1.807, 2.05) is 24.3 Å². The Morgan fingerprint density at radius 2 is 1.59 bits per heavy atom. The number of carbonyl (C=O) groups is 2. The van der Waals surface area contributed by atoms with Crippen molar-refractivity contribution in [1.82, 2.24) is 0 Å². The van der Waals surface area contributed by atoms with Crippen LogP contribution in [0.2, 0.25) is 0 Å². The quantitative estimate of drug-likeness (QED) is 0.245. The largest absolute Gasteiger partial charge is 0.484 e. The molecule has 0 aliphatic rings. The topological polar surface area (TPSA) is 93.8 Å². The van der Waals surface area contributed by atoms with Crippen molar-refractivity contribution in [3.8, 4) is 5.75 Å². The van der Waals surface area contributed by atoms with E-state index in [0.717, 1.165) is 0 Å². The summed E-state index contributed by atoms with van der Waals surface area (Å²) in [6.45, 7) is -0.137. The van der Waals surface area contributed by atoms with E-state index in [1.54, 1.807) is 54.6 Å². The molecule has 0 saturated heterocycles. The van der Waals surface area contributed by atoms with Gasteiger partial charge in [-0.25, -0.2) is 0 Å². The molecule has 29 heavy (non-hydrogen) atoms. The third-order valence-corrected chi connectivity index (χ3v) is 4.71. The van der Waals surface area contributed by atoms with Crippen LogP contribution >= 0.6 is 15.9 Å². The molecule has 3 N–H and O–H groups in total. The van der Waals surface area contributed by atoms with Crippen molar-refractivity contribution < 1.29 is 14.3 Å². The van der Waals surface area contributed by atoms with Crippen LogP contribution in [0.15, 0.2) is 88.4 Å². The molecule has 1 amide bonds. The summed E-state index contributed by atoms with van der Waals surface area (Å²) in [6, 6.07) is 22.8. The Labute approximate surface area is 176 Å². The SMILES string of the molecule is N/N=C(/C(=O)c1ccccc1Br)c1ccc(OCC(=O)Nc2ccccc2)cc1. The smallest absolute Gasteiger partial charge is 0.262 e. The molecule has 0 bridgehead atoms. The first-order valence-corrected chi connectivity index (χ1v) is 9.53. The molecule has 0 saturated carbocycles. The minimum absolute atomic E-state index is 0.130. The number of nitrogens with zero attached hydrogens (tertiary/aromatic N) is 1. The molecule has 3 rings (SSSR count). The van der Waals surface area contributed by atoms with Gasteiger partial charge in [-0.3, -0.25) is 9.59 Å². The maximum atomic E-state index is 12.7. The Morgan fingerprint density at radius 3 is 2.24 bits per heavy atom. The number of benzene rings is 3. The Morgan fingerprint density at radius 1 is 0.931 bits per heavy atom. The molecule has 3 aromatic carbocycles. The number of rotatable bonds is 7. The third kappa shape index (κ3) is 5.30. The number of carbonyl (C=O) groups excluding carboxylic acids is 2. The molecule has 0 atom stereocenters. The van der Waals surface area contributed by atoms with E-state index < -0.39 is 0 Å². The molecule has 3 aromatic rings. The van der Waals surface area contributed by atoms with Crippen molar-refractivity contribution in [3.63, 3.8) is 0 Å². The average Bonchev–Trinajstić information content (AvgIpc) is 2.74. The fraction of sp³-hybridized carbons (Fsp3) is 0.0455. The zero-order valence-corrected chi connectivity index (χ0v) is 16.9. The molecule has 0 aromatic heterocycles. The highest BCUT2D eigenvalue weighted by atomic mass is 79.9. The second-order valence-electron chi connectivity index (χ2n) is 6.01. The van der Waals surface area contributed by atoms with Crippen molar-refractivity contribution in [2.75, 3.05) is 11.9 Å². The second kappa shape index (κ2) is 9.66. The van der Waals surface area contributed by atoms with Gasteiger partial charge in [0.05, 0.1) is 0 Å². The molecule has 0 radical (unpaired) electrons. The van der Waals surface area contributed by atoms with Crippen LogP contribution in [-0.2, 0) is 4.79 Å². The number of nitrogens with one attached hydrogen (secondary N) is 1. The first-order valence-electron chi connectivity index (χ1n) is 8.73. The van der Waals surface area contributed by atoms with Gasteiger partial charge in [-0.1, -0.05) is 46.3 Å². The summed E-state index contributed by atoms with van der Waals surface area (Å²) in [6.07, 6.45) is 0. The number of halogens is 1. The van der Waals surface area contributed by atoms with Gasteiger partial charge < -0.3 is 15.9 Å². The Bertz CT molecular complexity index is 1030. The molecule has 0 aliphatic carbocycles. The Hall–Kier alpha value is -3.45. The van der Waals surface area contributed by atoms with E-state index in [-0.39, 0.29) is 24.0 Å². The minimum Gasteiger partial charge on any atom is -0.484 e. The van der Waals surface area contributed by atoms with Crippen LogP contribution in [0.3, 0.4) is 0 Å². The van der Waals surface area contributed by atoms with Gasteiger partial charge in [0.2, 0.25) is 5.78 Å². The lowest BCUT2D eigenvalue weighted by atomic mass is 10.0. The molecule has 7 heteroatoms. The predicted molar refractivity (Wildman–Crippen MR) is 116 cm³/mol. The lowest BCUT2D eigenvalue weighted by molar-refractivity contribution is -0.118. The monoisotopic (exact) mass is 451 g/mol. The van der Waals surface area contributed by atoms with E-state index in [9.17, 15) is 9.59 Å². The van der Waals surface area contributed by atoms with Gasteiger partial charge in [0.15, 0.2) is 6.61 Å². The summed E-state index contributed by atoms with van der Waals surface area (Å²) in [5, 5.41) is 6.41. The number of anilines is 1. The highest BCUT2D eigenvalue weighted by molar-refractivity contribution is 9.10. The van der Waals surface area contributed by atoms with Crippen LogP contribution < -0.4 is 15.9 Å². The molecular weight excluding hydrogens is 434 g/mol. The number of Topliss-reactive ketones (excluding diaryl/α,β-unsaturated/α-hetero) is 1. The zero-order chi connectivity index (χ0) is 20.6. The molecule has 0 spiro atoms. The molecular formula is C22H18BrN3O3. The van der Waals surface area contributed by atoms with Gasteiger partial charge in [-0.2, -0.15) is 5.10 Å². The zero-order valence-electron chi connectivity index (χ0n) is 15.3. The van der Waals surface area contributed by atoms with Gasteiger partial charge in [-0.05, 0) is 48.5 Å². The van der Waals surface area contributed by atoms with Crippen molar-refractivity contribution in [1.29, 1.82) is 0 Å². The fourth-order valence-corrected chi connectivity index (χ4v) is 3.08. The summed E-state index contributed by atoms with van der Waals surface area (Å²) in [5.41, 5.74) is 1.85. The third-order valence-electron chi connectivity index (χ3n) is 4.02. The second-order valence-corrected chi connectivity index (χ2v) is 6.87. The molecule has 146 valence electrons. The molecule has 0 aliphatic heterocycles. The molecule has 0 heterocycles. The standard InChI is InChI=1S/C22H18BrN3O3/c23-19-9-5-4-8-18(19)22(28)21(26-24)15-10-12-17(13-11-15)29-14-20(27)25-16-6-2-1-3-7-16/h1-13H,14,24H2,(H,25,27)/b26-21+. The van der Waals surface area contributed by atoms with Crippen LogP contribution in [0.4, 0.5) is 5.69 Å². The maximum absolute atomic E-state index is 12.7. The van der Waals surface area contributed by atoms with Crippen molar-refractivity contribution in [3.05, 3.63) is 94.5 Å². The number of hydrogen-bond donors (Lipinski definition) is 2. The number of ketones is 1. The number of hydrazone groups is 1. The van der Waals surface area contributed by atoms with E-state index >= 15 is 0 Å². The van der Waals surface area contributed by atoms with E-state index in [2.05, 4.69) is 26.3 Å². The lowest BCUT2D eigenvalue weighted by Crippen LogP contribution is -2.20. The Kier molecular flexibility index (Phi) is 6.76. The summed E-state index contributed by atoms with van der Waals surface area (Å²) < 4.78 is 6.16. The van der Waals surface area contributed by atoms with Crippen molar-refractivity contribution in [2.24, 2.45) is 10.9 Å². The highest BCUT2D eigenvalue weighted by Crippen LogP contribution is 2.20. The predicted octanol–water partition coefficient (Wildman–Crippen LogP) is 4.01. The number of para-hydroxylation sites is 1.